The van der Waals surface area contributed by atoms with Gasteiger partial charge in [0.2, 0.25) is 0 Å². The number of hydrogen-bond donors (Lipinski definition) is 0. The zero-order chi connectivity index (χ0) is 39.5. The van der Waals surface area contributed by atoms with Crippen molar-refractivity contribution in [3.63, 3.8) is 0 Å². The Hall–Kier alpha value is -7.01. The summed E-state index contributed by atoms with van der Waals surface area (Å²) in [6.07, 6.45) is 3.99. The largest absolute Gasteiger partial charge is 0.308 e. The average molecular weight is 782 g/mol. The summed E-state index contributed by atoms with van der Waals surface area (Å²) in [5.41, 5.74) is 22.3. The molecule has 0 saturated carbocycles. The lowest BCUT2D eigenvalue weighted by molar-refractivity contribution is 0.714. The molecule has 0 amide bonds. The number of pyridine rings is 2. The van der Waals surface area contributed by atoms with Crippen molar-refractivity contribution in [3.05, 3.63) is 232 Å². The highest BCUT2D eigenvalue weighted by Gasteiger charge is 2.56. The summed E-state index contributed by atoms with van der Waals surface area (Å²) in [5.74, 6) is 0. The zero-order valence-corrected chi connectivity index (χ0v) is 33.8. The summed E-state index contributed by atoms with van der Waals surface area (Å²) in [6.45, 7) is 4.36. The quantitative estimate of drug-likeness (QED) is 0.166. The van der Waals surface area contributed by atoms with Gasteiger partial charge in [0.25, 0.3) is 0 Å². The number of rotatable bonds is 1. The molecular weight excluding hydrogens is 747 g/mol. The monoisotopic (exact) mass is 781 g/mol. The van der Waals surface area contributed by atoms with E-state index in [-0.39, 0.29) is 0 Å². The van der Waals surface area contributed by atoms with Gasteiger partial charge < -0.3 is 4.57 Å². The van der Waals surface area contributed by atoms with Crippen LogP contribution >= 0.6 is 11.8 Å². The third-order valence-corrected chi connectivity index (χ3v) is 15.2. The van der Waals surface area contributed by atoms with E-state index >= 15 is 0 Å². The van der Waals surface area contributed by atoms with E-state index in [0.29, 0.717) is 0 Å². The van der Waals surface area contributed by atoms with Crippen LogP contribution in [0.4, 0.5) is 0 Å². The second-order valence-electron chi connectivity index (χ2n) is 17.0. The van der Waals surface area contributed by atoms with Gasteiger partial charge in [0.05, 0.1) is 45.1 Å². The second-order valence-corrected chi connectivity index (χ2v) is 18.1. The third-order valence-electron chi connectivity index (χ3n) is 14.1. The summed E-state index contributed by atoms with van der Waals surface area (Å²) >= 11 is 1.90. The van der Waals surface area contributed by atoms with Gasteiger partial charge in [0.1, 0.15) is 0 Å². The Morgan fingerprint density at radius 3 is 1.63 bits per heavy atom. The van der Waals surface area contributed by atoms with Gasteiger partial charge in [-0.25, -0.2) is 0 Å². The van der Waals surface area contributed by atoms with Crippen molar-refractivity contribution in [2.75, 3.05) is 0 Å². The molecule has 14 rings (SSSR count). The molecule has 10 aromatic rings. The maximum absolute atomic E-state index is 5.43. The van der Waals surface area contributed by atoms with Crippen LogP contribution in [0, 0.1) is 13.8 Å². The summed E-state index contributed by atoms with van der Waals surface area (Å²) in [4.78, 5) is 13.1. The molecule has 0 bridgehead atoms. The molecule has 4 heteroatoms. The smallest absolute Gasteiger partial charge is 0.0939 e. The van der Waals surface area contributed by atoms with Gasteiger partial charge in [-0.1, -0.05) is 132 Å². The Balaban J connectivity index is 1.10. The first-order chi connectivity index (χ1) is 29.6. The predicted molar refractivity (Wildman–Crippen MR) is 244 cm³/mol. The van der Waals surface area contributed by atoms with E-state index in [4.69, 9.17) is 9.97 Å². The van der Waals surface area contributed by atoms with Crippen LogP contribution in [0.15, 0.2) is 186 Å². The number of fused-ring (bicyclic) bond motifs is 22. The molecular formula is C56H35N3S. The van der Waals surface area contributed by atoms with E-state index in [1.165, 1.54) is 109 Å². The molecule has 1 aliphatic heterocycles. The molecule has 0 radical (unpaired) electrons. The Kier molecular flexibility index (Phi) is 6.24. The first kappa shape index (κ1) is 32.9. The maximum Gasteiger partial charge on any atom is 0.0939 e. The molecule has 60 heavy (non-hydrogen) atoms. The molecule has 0 N–H and O–H groups in total. The van der Waals surface area contributed by atoms with Gasteiger partial charge in [-0.3, -0.25) is 9.97 Å². The standard InChI is InChI=1S/C56H35N3S/c1-32-21-23-49-39(26-32)40-27-33(2)22-24-50(40)59(49)34-28-48-54(58-31-34)53-45(19-11-25-57-53)56(48)44-18-9-10-20-51(44)60-52-30-46-38(29-47(52)56)37-14-5-8-17-43(37)55(46)41-15-6-3-12-35(41)36-13-4-7-16-42(36)55/h3-31H,1-2H3. The van der Waals surface area contributed by atoms with Crippen molar-refractivity contribution in [1.82, 2.24) is 14.5 Å². The number of aromatic nitrogens is 3. The van der Waals surface area contributed by atoms with E-state index in [2.05, 4.69) is 188 Å². The summed E-state index contributed by atoms with van der Waals surface area (Å²) in [5, 5.41) is 2.52. The Morgan fingerprint density at radius 1 is 0.417 bits per heavy atom. The van der Waals surface area contributed by atoms with Crippen molar-refractivity contribution >= 4 is 33.6 Å². The van der Waals surface area contributed by atoms with Gasteiger partial charge in [-0.2, -0.15) is 0 Å². The lowest BCUT2D eigenvalue weighted by atomic mass is 9.66. The fourth-order valence-electron chi connectivity index (χ4n) is 11.8. The first-order valence-electron chi connectivity index (χ1n) is 20.8. The van der Waals surface area contributed by atoms with Crippen LogP contribution < -0.4 is 0 Å². The van der Waals surface area contributed by atoms with Crippen LogP contribution in [0.2, 0.25) is 0 Å². The molecule has 7 aromatic carbocycles. The van der Waals surface area contributed by atoms with Gasteiger partial charge in [0, 0.05) is 32.3 Å². The Labute approximate surface area is 352 Å². The van der Waals surface area contributed by atoms with Crippen molar-refractivity contribution in [2.45, 2.75) is 34.5 Å². The van der Waals surface area contributed by atoms with Crippen LogP contribution in [-0.2, 0) is 10.8 Å². The second kappa shape index (κ2) is 11.4. The molecule has 3 nitrogen and oxygen atoms in total. The highest BCUT2D eigenvalue weighted by Crippen LogP contribution is 2.67. The van der Waals surface area contributed by atoms with Crippen LogP contribution in [-0.4, -0.2) is 14.5 Å². The Bertz CT molecular complexity index is 3470. The van der Waals surface area contributed by atoms with Crippen molar-refractivity contribution in [1.29, 1.82) is 0 Å². The van der Waals surface area contributed by atoms with Crippen LogP contribution in [0.1, 0.15) is 55.6 Å². The molecule has 280 valence electrons. The minimum absolute atomic E-state index is 0.423. The van der Waals surface area contributed by atoms with Crippen LogP contribution in [0.25, 0.3) is 61.1 Å². The van der Waals surface area contributed by atoms with Crippen LogP contribution in [0.5, 0.6) is 0 Å². The minimum atomic E-state index is -0.656. The number of hydrogen-bond acceptors (Lipinski definition) is 3. The molecule has 4 heterocycles. The minimum Gasteiger partial charge on any atom is -0.308 e. The molecule has 0 saturated heterocycles. The lowest BCUT2D eigenvalue weighted by Gasteiger charge is -2.40. The van der Waals surface area contributed by atoms with E-state index in [0.717, 1.165) is 17.1 Å². The molecule has 4 aliphatic rings. The summed E-state index contributed by atoms with van der Waals surface area (Å²) in [6, 6.07) is 62.0. The van der Waals surface area contributed by atoms with Crippen molar-refractivity contribution in [3.8, 4) is 39.3 Å². The molecule has 1 atom stereocenters. The predicted octanol–water partition coefficient (Wildman–Crippen LogP) is 13.4. The highest BCUT2D eigenvalue weighted by molar-refractivity contribution is 7.99. The average Bonchev–Trinajstić information content (AvgIpc) is 3.96. The SMILES string of the molecule is Cc1ccc2c(c1)c1cc(C)ccc1n2-c1cnc2c(c1)C1(c3ccccc3Sc3cc4c(cc31)-c1ccccc1C41c3ccccc3-c3ccccc31)c1cccnc1-2. The summed E-state index contributed by atoms with van der Waals surface area (Å²) < 4.78 is 2.42. The molecule has 3 aromatic heterocycles. The third kappa shape index (κ3) is 3.81. The van der Waals surface area contributed by atoms with E-state index in [1.807, 2.05) is 18.0 Å². The Morgan fingerprint density at radius 2 is 0.967 bits per heavy atom. The van der Waals surface area contributed by atoms with Crippen molar-refractivity contribution in [2.24, 2.45) is 0 Å². The number of benzene rings is 7. The normalized spacial score (nSPS) is 16.6. The van der Waals surface area contributed by atoms with Gasteiger partial charge >= 0.3 is 0 Å². The summed E-state index contributed by atoms with van der Waals surface area (Å²) in [7, 11) is 0. The van der Waals surface area contributed by atoms with E-state index in [1.54, 1.807) is 0 Å². The zero-order valence-electron chi connectivity index (χ0n) is 33.0. The molecule has 1 unspecified atom stereocenters. The molecule has 0 fully saturated rings. The van der Waals surface area contributed by atoms with Crippen LogP contribution in [0.3, 0.4) is 0 Å². The topological polar surface area (TPSA) is 30.7 Å². The van der Waals surface area contributed by atoms with Gasteiger partial charge in [-0.15, -0.1) is 0 Å². The highest BCUT2D eigenvalue weighted by atomic mass is 32.2. The number of aryl methyl sites for hydroxylation is 2. The first-order valence-corrected chi connectivity index (χ1v) is 21.6. The maximum atomic E-state index is 5.43. The molecule has 2 spiro atoms. The van der Waals surface area contributed by atoms with Crippen molar-refractivity contribution < 1.29 is 0 Å². The molecule has 3 aliphatic carbocycles. The van der Waals surface area contributed by atoms with Gasteiger partial charge in [-0.05, 0) is 130 Å². The van der Waals surface area contributed by atoms with E-state index < -0.39 is 10.8 Å². The fraction of sp³-hybridized carbons (Fsp3) is 0.0714. The number of nitrogens with zero attached hydrogens (tertiary/aromatic N) is 3. The van der Waals surface area contributed by atoms with E-state index in [9.17, 15) is 0 Å². The fourth-order valence-corrected chi connectivity index (χ4v) is 13.0. The lowest BCUT2D eigenvalue weighted by Crippen LogP contribution is -2.33. The van der Waals surface area contributed by atoms with Gasteiger partial charge in [0.15, 0.2) is 0 Å².